The zero-order chi connectivity index (χ0) is 22.5. The Bertz CT molecular complexity index is 1300. The van der Waals surface area contributed by atoms with Crippen LogP contribution in [-0.2, 0) is 6.42 Å². The van der Waals surface area contributed by atoms with E-state index in [-0.39, 0.29) is 0 Å². The summed E-state index contributed by atoms with van der Waals surface area (Å²) in [5.74, 6) is 1.69. The van der Waals surface area contributed by atoms with Crippen molar-refractivity contribution in [2.24, 2.45) is 0 Å². The highest BCUT2D eigenvalue weighted by Gasteiger charge is 2.17. The maximum absolute atomic E-state index is 4.63. The van der Waals surface area contributed by atoms with Gasteiger partial charge in [0, 0.05) is 16.8 Å². The maximum atomic E-state index is 4.63. The summed E-state index contributed by atoms with van der Waals surface area (Å²) in [5, 5.41) is 9.25. The number of hydrogen-bond donors (Lipinski definition) is 0. The van der Waals surface area contributed by atoms with Gasteiger partial charge in [-0.1, -0.05) is 110 Å². The fourth-order valence-corrected chi connectivity index (χ4v) is 4.12. The van der Waals surface area contributed by atoms with Crippen molar-refractivity contribution in [2.45, 2.75) is 26.2 Å². The van der Waals surface area contributed by atoms with Crippen molar-refractivity contribution >= 4 is 0 Å². The number of nitrogens with zero attached hydrogens (tertiary/aromatic N) is 3. The van der Waals surface area contributed by atoms with E-state index < -0.39 is 0 Å². The van der Waals surface area contributed by atoms with Crippen molar-refractivity contribution in [3.8, 4) is 39.6 Å². The molecule has 3 nitrogen and oxygen atoms in total. The first-order valence-corrected chi connectivity index (χ1v) is 11.6. The number of unbranched alkanes of at least 4 members (excludes halogenated alkanes) is 1. The van der Waals surface area contributed by atoms with Gasteiger partial charge in [-0.3, -0.25) is 4.57 Å². The summed E-state index contributed by atoms with van der Waals surface area (Å²) < 4.78 is 2.15. The molecule has 1 heterocycles. The fraction of sp³-hybridized carbons (Fsp3) is 0.133. The summed E-state index contributed by atoms with van der Waals surface area (Å²) in [6, 6.07) is 38.1. The van der Waals surface area contributed by atoms with Crippen molar-refractivity contribution in [1.29, 1.82) is 0 Å². The van der Waals surface area contributed by atoms with E-state index in [9.17, 15) is 0 Å². The molecule has 0 saturated carbocycles. The zero-order valence-electron chi connectivity index (χ0n) is 18.9. The SMILES string of the molecule is CCCCc1ccc(-c2nnc(-c3ccc(-c4ccccc4)cc3)n2-c2ccccc2)cc1. The van der Waals surface area contributed by atoms with Crippen LogP contribution in [0.1, 0.15) is 25.3 Å². The molecule has 0 aliphatic carbocycles. The van der Waals surface area contributed by atoms with E-state index >= 15 is 0 Å². The second-order valence-corrected chi connectivity index (χ2v) is 8.26. The molecular weight excluding hydrogens is 402 g/mol. The molecule has 5 rings (SSSR count). The number of para-hydroxylation sites is 1. The van der Waals surface area contributed by atoms with Crippen LogP contribution in [0.2, 0.25) is 0 Å². The molecule has 0 radical (unpaired) electrons. The van der Waals surface area contributed by atoms with Gasteiger partial charge in [-0.05, 0) is 41.7 Å². The Hall–Kier alpha value is -3.98. The van der Waals surface area contributed by atoms with E-state index in [1.165, 1.54) is 29.5 Å². The van der Waals surface area contributed by atoms with Crippen LogP contribution >= 0.6 is 0 Å². The molecule has 4 aromatic carbocycles. The average molecular weight is 430 g/mol. The summed E-state index contributed by atoms with van der Waals surface area (Å²) in [4.78, 5) is 0. The lowest BCUT2D eigenvalue weighted by molar-refractivity contribution is 0.795. The molecule has 0 unspecified atom stereocenters. The summed E-state index contributed by atoms with van der Waals surface area (Å²) in [6.07, 6.45) is 3.53. The largest absolute Gasteiger partial charge is 0.275 e. The summed E-state index contributed by atoms with van der Waals surface area (Å²) in [5.41, 5.74) is 6.92. The van der Waals surface area contributed by atoms with E-state index in [0.29, 0.717) is 0 Å². The Morgan fingerprint density at radius 2 is 1.03 bits per heavy atom. The van der Waals surface area contributed by atoms with Crippen LogP contribution in [-0.4, -0.2) is 14.8 Å². The molecule has 162 valence electrons. The Balaban J connectivity index is 1.55. The number of aryl methyl sites for hydroxylation is 1. The lowest BCUT2D eigenvalue weighted by Crippen LogP contribution is -2.00. The van der Waals surface area contributed by atoms with Gasteiger partial charge in [0.2, 0.25) is 0 Å². The molecule has 5 aromatic rings. The van der Waals surface area contributed by atoms with Crippen molar-refractivity contribution < 1.29 is 0 Å². The monoisotopic (exact) mass is 429 g/mol. The summed E-state index contributed by atoms with van der Waals surface area (Å²) in [7, 11) is 0. The third-order valence-corrected chi connectivity index (χ3v) is 5.96. The second kappa shape index (κ2) is 9.66. The minimum atomic E-state index is 0.839. The highest BCUT2D eigenvalue weighted by Crippen LogP contribution is 2.30. The van der Waals surface area contributed by atoms with Crippen molar-refractivity contribution in [1.82, 2.24) is 14.8 Å². The predicted octanol–water partition coefficient (Wildman–Crippen LogP) is 7.61. The zero-order valence-corrected chi connectivity index (χ0v) is 18.9. The fourth-order valence-electron chi connectivity index (χ4n) is 4.12. The Morgan fingerprint density at radius 1 is 0.545 bits per heavy atom. The van der Waals surface area contributed by atoms with E-state index in [2.05, 4.69) is 119 Å². The molecule has 0 amide bonds. The molecule has 0 saturated heterocycles. The number of benzene rings is 4. The molecule has 0 aliphatic heterocycles. The molecule has 0 N–H and O–H groups in total. The summed E-state index contributed by atoms with van der Waals surface area (Å²) in [6.45, 7) is 2.23. The van der Waals surface area contributed by atoms with Crippen LogP contribution in [0.5, 0.6) is 0 Å². The smallest absolute Gasteiger partial charge is 0.168 e. The number of hydrogen-bond acceptors (Lipinski definition) is 2. The second-order valence-electron chi connectivity index (χ2n) is 8.26. The molecule has 0 aliphatic rings. The minimum Gasteiger partial charge on any atom is -0.275 e. The standard InChI is InChI=1S/C30H27N3/c1-2-3-10-23-15-17-26(18-16-23)29-31-32-30(33(29)28-13-8-5-9-14-28)27-21-19-25(20-22-27)24-11-6-4-7-12-24/h4-9,11-22H,2-3,10H2,1H3. The maximum Gasteiger partial charge on any atom is 0.168 e. The van der Waals surface area contributed by atoms with Gasteiger partial charge in [-0.2, -0.15) is 0 Å². The van der Waals surface area contributed by atoms with Gasteiger partial charge in [-0.15, -0.1) is 10.2 Å². The van der Waals surface area contributed by atoms with Gasteiger partial charge in [-0.25, -0.2) is 0 Å². The molecule has 0 bridgehead atoms. The lowest BCUT2D eigenvalue weighted by atomic mass is 10.0. The molecular formula is C30H27N3. The molecule has 33 heavy (non-hydrogen) atoms. The van der Waals surface area contributed by atoms with Gasteiger partial charge in [0.25, 0.3) is 0 Å². The van der Waals surface area contributed by atoms with Crippen LogP contribution in [0, 0.1) is 0 Å². The summed E-state index contributed by atoms with van der Waals surface area (Å²) >= 11 is 0. The highest BCUT2D eigenvalue weighted by atomic mass is 15.3. The molecule has 0 atom stereocenters. The average Bonchev–Trinajstić information content (AvgIpc) is 3.34. The number of aromatic nitrogens is 3. The Kier molecular flexibility index (Phi) is 6.12. The topological polar surface area (TPSA) is 30.7 Å². The van der Waals surface area contributed by atoms with Gasteiger partial charge >= 0.3 is 0 Å². The van der Waals surface area contributed by atoms with Crippen LogP contribution in [0.25, 0.3) is 39.6 Å². The van der Waals surface area contributed by atoms with Crippen LogP contribution in [0.15, 0.2) is 109 Å². The van der Waals surface area contributed by atoms with Crippen LogP contribution in [0.4, 0.5) is 0 Å². The van der Waals surface area contributed by atoms with Crippen molar-refractivity contribution in [2.75, 3.05) is 0 Å². The number of rotatable bonds is 7. The quantitative estimate of drug-likeness (QED) is 0.266. The molecule has 0 fully saturated rings. The van der Waals surface area contributed by atoms with Gasteiger partial charge in [0.15, 0.2) is 11.6 Å². The first kappa shape index (κ1) is 20.9. The van der Waals surface area contributed by atoms with E-state index in [1.807, 2.05) is 12.1 Å². The molecule has 0 spiro atoms. The first-order chi connectivity index (χ1) is 16.3. The van der Waals surface area contributed by atoms with Gasteiger partial charge in [0.1, 0.15) is 0 Å². The molecule has 3 heteroatoms. The molecule has 1 aromatic heterocycles. The van der Waals surface area contributed by atoms with Gasteiger partial charge < -0.3 is 0 Å². The van der Waals surface area contributed by atoms with Gasteiger partial charge in [0.05, 0.1) is 0 Å². The predicted molar refractivity (Wildman–Crippen MR) is 136 cm³/mol. The van der Waals surface area contributed by atoms with Crippen molar-refractivity contribution in [3.05, 3.63) is 115 Å². The minimum absolute atomic E-state index is 0.839. The Labute approximate surface area is 195 Å². The normalized spacial score (nSPS) is 10.9. The third-order valence-electron chi connectivity index (χ3n) is 5.96. The van der Waals surface area contributed by atoms with Crippen molar-refractivity contribution in [3.63, 3.8) is 0 Å². The Morgan fingerprint density at radius 3 is 1.61 bits per heavy atom. The first-order valence-electron chi connectivity index (χ1n) is 11.6. The lowest BCUT2D eigenvalue weighted by Gasteiger charge is -2.12. The van der Waals surface area contributed by atoms with Crippen LogP contribution in [0.3, 0.4) is 0 Å². The van der Waals surface area contributed by atoms with E-state index in [4.69, 9.17) is 0 Å². The third kappa shape index (κ3) is 4.49. The van der Waals surface area contributed by atoms with Crippen LogP contribution < -0.4 is 0 Å². The van der Waals surface area contributed by atoms with E-state index in [0.717, 1.165) is 34.9 Å². The van der Waals surface area contributed by atoms with E-state index in [1.54, 1.807) is 0 Å². The highest BCUT2D eigenvalue weighted by molar-refractivity contribution is 5.71.